The molecule has 1 fully saturated rings. The van der Waals surface area contributed by atoms with Gasteiger partial charge >= 0.3 is 5.97 Å². The van der Waals surface area contributed by atoms with E-state index in [0.717, 1.165) is 28.1 Å². The number of benzene rings is 2. The van der Waals surface area contributed by atoms with Crippen molar-refractivity contribution in [1.82, 2.24) is 10.3 Å². The van der Waals surface area contributed by atoms with Crippen molar-refractivity contribution in [3.8, 4) is 17.2 Å². The van der Waals surface area contributed by atoms with Crippen molar-refractivity contribution in [1.29, 1.82) is 5.26 Å². The number of nitrogens with zero attached hydrogens (tertiary/aromatic N) is 3. The monoisotopic (exact) mass is 610 g/mol. The van der Waals surface area contributed by atoms with E-state index < -0.39 is 23.1 Å². The van der Waals surface area contributed by atoms with Crippen LogP contribution in [0.4, 0.5) is 5.69 Å². The van der Waals surface area contributed by atoms with E-state index in [-0.39, 0.29) is 12.0 Å². The zero-order chi connectivity index (χ0) is 32.9. The molecule has 2 aromatic carbocycles. The van der Waals surface area contributed by atoms with E-state index >= 15 is 0 Å². The summed E-state index contributed by atoms with van der Waals surface area (Å²) in [6.45, 7) is 17.0. The quantitative estimate of drug-likeness (QED) is 0.255. The summed E-state index contributed by atoms with van der Waals surface area (Å²) in [4.78, 5) is 33.9. The van der Waals surface area contributed by atoms with Crippen LogP contribution < -0.4 is 10.2 Å². The summed E-state index contributed by atoms with van der Waals surface area (Å²) in [5, 5.41) is 12.8. The maximum absolute atomic E-state index is 13.7. The number of carbonyl (C=O) groups excluding carboxylic acids is 2. The Kier molecular flexibility index (Phi) is 10.3. The predicted octanol–water partition coefficient (Wildman–Crippen LogP) is 7.23. The Morgan fingerprint density at radius 1 is 1.02 bits per heavy atom. The van der Waals surface area contributed by atoms with Gasteiger partial charge in [-0.25, -0.2) is 4.79 Å². The maximum Gasteiger partial charge on any atom is 0.340 e. The van der Waals surface area contributed by atoms with Crippen LogP contribution in [0.3, 0.4) is 0 Å². The number of nitriles is 1. The fourth-order valence-corrected chi connectivity index (χ4v) is 5.71. The summed E-state index contributed by atoms with van der Waals surface area (Å²) in [5.41, 5.74) is 5.26. The van der Waals surface area contributed by atoms with Gasteiger partial charge in [-0.1, -0.05) is 42.5 Å². The van der Waals surface area contributed by atoms with E-state index in [1.54, 1.807) is 0 Å². The molecule has 3 aromatic rings. The highest BCUT2D eigenvalue weighted by atomic mass is 16.6. The van der Waals surface area contributed by atoms with Gasteiger partial charge in [-0.05, 0) is 91.5 Å². The minimum absolute atomic E-state index is 0.160. The van der Waals surface area contributed by atoms with Crippen molar-refractivity contribution < 1.29 is 19.1 Å². The van der Waals surface area contributed by atoms with Gasteiger partial charge in [0, 0.05) is 47.7 Å². The Morgan fingerprint density at radius 2 is 1.64 bits per heavy atom. The summed E-state index contributed by atoms with van der Waals surface area (Å²) >= 11 is 0. The number of amides is 1. The number of anilines is 1. The standard InChI is InChI=1S/C37H46N4O4/c1-24(2)44-35(43)33(45-36(5,6)7)31-26(4)40-25(3)30(32(31)41-20-18-37(8,23-38)19-21-41)28-14-16-29(17-15-28)34(42)39-22-27-12-10-9-11-13-27/h9-17,24,33H,18-22H2,1-8H3,(H,39,42). The highest BCUT2D eigenvalue weighted by molar-refractivity contribution is 5.95. The first-order valence-electron chi connectivity index (χ1n) is 15.7. The summed E-state index contributed by atoms with van der Waals surface area (Å²) in [7, 11) is 0. The fraction of sp³-hybridized carbons (Fsp3) is 0.459. The van der Waals surface area contributed by atoms with E-state index in [9.17, 15) is 14.9 Å². The number of hydrogen-bond acceptors (Lipinski definition) is 7. The zero-order valence-corrected chi connectivity index (χ0v) is 27.9. The fourth-order valence-electron chi connectivity index (χ4n) is 5.71. The molecule has 1 saturated heterocycles. The van der Waals surface area contributed by atoms with E-state index in [4.69, 9.17) is 14.5 Å². The third-order valence-electron chi connectivity index (χ3n) is 8.06. The molecule has 0 radical (unpaired) electrons. The average Bonchev–Trinajstić information content (AvgIpc) is 2.99. The Labute approximate surface area is 267 Å². The molecule has 0 spiro atoms. The van der Waals surface area contributed by atoms with Crippen molar-refractivity contribution >= 4 is 17.6 Å². The highest BCUT2D eigenvalue weighted by Crippen LogP contribution is 2.45. The molecule has 1 amide bonds. The van der Waals surface area contributed by atoms with Gasteiger partial charge in [0.15, 0.2) is 6.10 Å². The molecular weight excluding hydrogens is 564 g/mol. The second kappa shape index (κ2) is 13.8. The number of nitrogens with one attached hydrogen (secondary N) is 1. The number of aromatic nitrogens is 1. The lowest BCUT2D eigenvalue weighted by atomic mass is 9.81. The summed E-state index contributed by atoms with van der Waals surface area (Å²) in [5.74, 6) is -0.628. The Hall–Kier alpha value is -4.22. The van der Waals surface area contributed by atoms with Gasteiger partial charge in [0.2, 0.25) is 0 Å². The van der Waals surface area contributed by atoms with Crippen LogP contribution in [0.2, 0.25) is 0 Å². The number of pyridine rings is 1. The van der Waals surface area contributed by atoms with Crippen molar-refractivity contribution in [3.05, 3.63) is 82.7 Å². The van der Waals surface area contributed by atoms with E-state index in [1.165, 1.54) is 0 Å². The van der Waals surface area contributed by atoms with Crippen molar-refractivity contribution in [2.75, 3.05) is 18.0 Å². The molecule has 0 saturated carbocycles. The lowest BCUT2D eigenvalue weighted by Gasteiger charge is -2.40. The van der Waals surface area contributed by atoms with Gasteiger partial charge in [-0.3, -0.25) is 9.78 Å². The Morgan fingerprint density at radius 3 is 2.20 bits per heavy atom. The normalized spacial score (nSPS) is 15.3. The molecule has 238 valence electrons. The number of carbonyl (C=O) groups is 2. The number of piperidine rings is 1. The van der Waals surface area contributed by atoms with Crippen LogP contribution >= 0.6 is 0 Å². The minimum Gasteiger partial charge on any atom is -0.461 e. The number of rotatable bonds is 9. The van der Waals surface area contributed by atoms with Gasteiger partial charge in [0.05, 0.1) is 28.9 Å². The molecule has 8 nitrogen and oxygen atoms in total. The molecule has 8 heteroatoms. The SMILES string of the molecule is Cc1nc(C)c(C(OC(C)(C)C)C(=O)OC(C)C)c(N2CCC(C)(C#N)CC2)c1-c1ccc(C(=O)NCc2ccccc2)cc1. The molecule has 1 aromatic heterocycles. The molecule has 2 heterocycles. The van der Waals surface area contributed by atoms with Gasteiger partial charge < -0.3 is 19.7 Å². The van der Waals surface area contributed by atoms with Crippen molar-refractivity contribution in [3.63, 3.8) is 0 Å². The van der Waals surface area contributed by atoms with Gasteiger partial charge in [0.25, 0.3) is 5.91 Å². The average molecular weight is 611 g/mol. The largest absolute Gasteiger partial charge is 0.461 e. The van der Waals surface area contributed by atoms with Crippen LogP contribution in [0.15, 0.2) is 54.6 Å². The van der Waals surface area contributed by atoms with Gasteiger partial charge in [-0.15, -0.1) is 0 Å². The third-order valence-corrected chi connectivity index (χ3v) is 8.06. The molecule has 1 aliphatic heterocycles. The summed E-state index contributed by atoms with van der Waals surface area (Å²) < 4.78 is 12.2. The van der Waals surface area contributed by atoms with Gasteiger partial charge in [0.1, 0.15) is 0 Å². The first kappa shape index (κ1) is 33.7. The van der Waals surface area contributed by atoms with Crippen LogP contribution in [-0.4, -0.2) is 41.7 Å². The van der Waals surface area contributed by atoms with E-state index in [0.29, 0.717) is 49.3 Å². The lowest BCUT2D eigenvalue weighted by molar-refractivity contribution is -0.171. The summed E-state index contributed by atoms with van der Waals surface area (Å²) in [6, 6.07) is 19.8. The molecule has 0 aliphatic carbocycles. The molecule has 1 N–H and O–H groups in total. The van der Waals surface area contributed by atoms with Crippen LogP contribution in [0.25, 0.3) is 11.1 Å². The van der Waals surface area contributed by atoms with Crippen LogP contribution in [0, 0.1) is 30.6 Å². The molecule has 0 bridgehead atoms. The molecule has 1 aliphatic rings. The number of esters is 1. The molecule has 1 atom stereocenters. The second-order valence-electron chi connectivity index (χ2n) is 13.4. The summed E-state index contributed by atoms with van der Waals surface area (Å²) in [6.07, 6.45) is 0.0356. The van der Waals surface area contributed by atoms with Crippen LogP contribution in [-0.2, 0) is 20.8 Å². The zero-order valence-electron chi connectivity index (χ0n) is 27.9. The molecule has 1 unspecified atom stereocenters. The van der Waals surface area contributed by atoms with Gasteiger partial charge in [-0.2, -0.15) is 5.26 Å². The number of ether oxygens (including phenoxy) is 2. The first-order chi connectivity index (χ1) is 21.2. The lowest BCUT2D eigenvalue weighted by Crippen LogP contribution is -2.40. The minimum atomic E-state index is -1.01. The third kappa shape index (κ3) is 8.29. The predicted molar refractivity (Wildman–Crippen MR) is 177 cm³/mol. The molecular formula is C37H46N4O4. The van der Waals surface area contributed by atoms with Crippen molar-refractivity contribution in [2.24, 2.45) is 5.41 Å². The first-order valence-corrected chi connectivity index (χ1v) is 15.7. The maximum atomic E-state index is 13.7. The smallest absolute Gasteiger partial charge is 0.340 e. The number of hydrogen-bond donors (Lipinski definition) is 1. The van der Waals surface area contributed by atoms with Crippen molar-refractivity contribution in [2.45, 2.75) is 92.6 Å². The second-order valence-corrected chi connectivity index (χ2v) is 13.4. The molecule has 4 rings (SSSR count). The van der Waals surface area contributed by atoms with E-state index in [2.05, 4.69) is 16.3 Å². The highest BCUT2D eigenvalue weighted by Gasteiger charge is 2.38. The van der Waals surface area contributed by atoms with Crippen LogP contribution in [0.1, 0.15) is 93.4 Å². The van der Waals surface area contributed by atoms with E-state index in [1.807, 2.05) is 110 Å². The topological polar surface area (TPSA) is 105 Å². The number of aryl methyl sites for hydroxylation is 2. The molecule has 45 heavy (non-hydrogen) atoms. The Bertz CT molecular complexity index is 1540. The van der Waals surface area contributed by atoms with Crippen LogP contribution in [0.5, 0.6) is 0 Å². The Balaban J connectivity index is 1.81.